The van der Waals surface area contributed by atoms with Gasteiger partial charge in [-0.05, 0) is 235 Å². The fourth-order valence-corrected chi connectivity index (χ4v) is 43.2. The Bertz CT molecular complexity index is 1740. The van der Waals surface area contributed by atoms with Crippen molar-refractivity contribution >= 4 is 203 Å². The standard InChI is InChI=1S/C42H93O14P7S14/c1-29(2)43-58(66,44-30(3)4)72-25-39(19)53-62(70,54-40(20)26-73-59(67,45-31(5)6)46-32(7)8)76-23-37(17)51-57(64,65)52-38(18)24-77-63(71,55-41(21)27-74-60(68,47-33(9)10)48-34(11)12)56-42(22)28-75-61(69,49-35(13)14)50-36(15)16/h29-42H,23-28H2,1-22H3,(H,64,65). The van der Waals surface area contributed by atoms with Crippen molar-refractivity contribution in [2.45, 2.75) is 238 Å². The van der Waals surface area contributed by atoms with Crippen molar-refractivity contribution in [3.05, 3.63) is 0 Å². The molecule has 0 bridgehead atoms. The Kier molecular flexibility index (Phi) is 43.7. The Morgan fingerprint density at radius 1 is 0.234 bits per heavy atom. The average molecular weight is 1490 g/mol. The first-order chi connectivity index (χ1) is 34.9. The summed E-state index contributed by atoms with van der Waals surface area (Å²) in [6, 6.07) is 0. The molecule has 0 saturated carbocycles. The smallest absolute Gasteiger partial charge is 0.248 e. The topological polar surface area (TPSA) is 129 Å². The van der Waals surface area contributed by atoms with Crippen LogP contribution in [-0.2, 0) is 146 Å². The van der Waals surface area contributed by atoms with Gasteiger partial charge >= 0.3 is 0 Å². The third-order valence-corrected chi connectivity index (χ3v) is 43.5. The van der Waals surface area contributed by atoms with Gasteiger partial charge in [-0.1, -0.05) is 80.5 Å². The van der Waals surface area contributed by atoms with Gasteiger partial charge in [-0.2, -0.15) is 0 Å². The second-order valence-electron chi connectivity index (χ2n) is 19.7. The molecule has 0 aromatic heterocycles. The molecule has 0 N–H and O–H groups in total. The predicted octanol–water partition coefficient (Wildman–Crippen LogP) is 19.7. The third kappa shape index (κ3) is 42.2. The van der Waals surface area contributed by atoms with E-state index in [2.05, 4.69) is 0 Å². The second-order valence-corrected chi connectivity index (χ2v) is 62.4. The van der Waals surface area contributed by atoms with E-state index >= 15 is 0 Å². The summed E-state index contributed by atoms with van der Waals surface area (Å²) in [6.45, 7) is 42.7. The van der Waals surface area contributed by atoms with E-state index in [0.29, 0.717) is 34.5 Å². The molecule has 0 rings (SSSR count). The van der Waals surface area contributed by atoms with Crippen molar-refractivity contribution in [2.75, 3.05) is 34.5 Å². The highest BCUT2D eigenvalue weighted by atomic mass is 32.9. The van der Waals surface area contributed by atoms with Gasteiger partial charge in [-0.25, -0.2) is 0 Å². The van der Waals surface area contributed by atoms with Gasteiger partial charge in [0.1, 0.15) is 0 Å². The first-order valence-electron chi connectivity index (χ1n) is 25.3. The van der Waals surface area contributed by atoms with E-state index in [-0.39, 0.29) is 73.2 Å². The van der Waals surface area contributed by atoms with Crippen LogP contribution >= 0.6 is 120 Å². The van der Waals surface area contributed by atoms with Crippen LogP contribution < -0.4 is 0 Å². The molecule has 0 spiro atoms. The van der Waals surface area contributed by atoms with Crippen molar-refractivity contribution in [3.63, 3.8) is 0 Å². The molecule has 35 heteroatoms. The molecule has 0 aromatic rings. The van der Waals surface area contributed by atoms with E-state index in [9.17, 15) is 0 Å². The summed E-state index contributed by atoms with van der Waals surface area (Å²) in [4.78, 5) is 0. The van der Waals surface area contributed by atoms with Crippen molar-refractivity contribution in [3.8, 4) is 0 Å². The molecule has 0 aromatic carbocycles. The van der Waals surface area contributed by atoms with Crippen molar-refractivity contribution in [1.29, 1.82) is 0 Å². The molecule has 0 aliphatic carbocycles. The van der Waals surface area contributed by atoms with Gasteiger partial charge in [0.05, 0.1) is 85.5 Å². The van der Waals surface area contributed by atoms with Gasteiger partial charge in [-0.3, -0.25) is 0 Å². The molecule has 6 atom stereocenters. The second kappa shape index (κ2) is 40.3. The van der Waals surface area contributed by atoms with E-state index in [1.54, 1.807) is 0 Å². The van der Waals surface area contributed by atoms with E-state index in [1.807, 2.05) is 152 Å². The lowest BCUT2D eigenvalue weighted by atomic mass is 10.5. The summed E-state index contributed by atoms with van der Waals surface area (Å²) in [5.41, 5.74) is -20.1. The molecule has 464 valence electrons. The summed E-state index contributed by atoms with van der Waals surface area (Å²) < 4.78 is 88.7. The van der Waals surface area contributed by atoms with E-state index in [1.165, 1.54) is 68.3 Å². The summed E-state index contributed by atoms with van der Waals surface area (Å²) in [6.07, 6.45) is -3.31. The summed E-state index contributed by atoms with van der Waals surface area (Å²) >= 11 is 55.6. The van der Waals surface area contributed by atoms with Gasteiger partial charge in [0, 0.05) is 34.5 Å². The van der Waals surface area contributed by atoms with E-state index in [0.717, 1.165) is 0 Å². The SMILES string of the molecule is CC(C)OP(=S)(OC(C)C)SCC(C)OP(=S)(OC(C)CSP(=S)(OC(C)C)OC(C)C)SCC(C)OP(=S)(S)OC(C)CSP(=S)(OC(C)CSP(=S)(OC(C)C)OC(C)C)OC(C)CSP(=S)(OC(C)C)OC(C)C. The van der Waals surface area contributed by atoms with Gasteiger partial charge < -0.3 is 63.3 Å². The van der Waals surface area contributed by atoms with E-state index < -0.39 is 52.1 Å². The maximum Gasteiger partial charge on any atom is 0.248 e. The average Bonchev–Trinajstić information content (AvgIpc) is 3.19. The van der Waals surface area contributed by atoms with Gasteiger partial charge in [0.15, 0.2) is 0 Å². The molecule has 0 aliphatic rings. The molecule has 0 saturated heterocycles. The highest BCUT2D eigenvalue weighted by Crippen LogP contribution is 2.70. The monoisotopic (exact) mass is 1490 g/mol. The molecule has 0 fully saturated rings. The number of rotatable bonds is 46. The zero-order chi connectivity index (χ0) is 60.0. The molecule has 14 nitrogen and oxygen atoms in total. The Morgan fingerprint density at radius 3 is 0.481 bits per heavy atom. The maximum atomic E-state index is 6.69. The predicted molar refractivity (Wildman–Crippen MR) is 377 cm³/mol. The largest absolute Gasteiger partial charge is 0.319 e. The molecule has 0 aliphatic heterocycles. The van der Waals surface area contributed by atoms with Crippen LogP contribution in [0.3, 0.4) is 0 Å². The van der Waals surface area contributed by atoms with Crippen molar-refractivity contribution in [2.24, 2.45) is 0 Å². The molecular weight excluding hydrogens is 1390 g/mol. The minimum Gasteiger partial charge on any atom is -0.319 e. The van der Waals surface area contributed by atoms with Crippen LogP contribution in [-0.4, -0.2) is 120 Å². The Balaban J connectivity index is 6.44. The normalized spacial score (nSPS) is 18.4. The lowest BCUT2D eigenvalue weighted by molar-refractivity contribution is 0.182. The summed E-state index contributed by atoms with van der Waals surface area (Å²) in [5.74, 6) is 2.59. The fourth-order valence-electron chi connectivity index (χ4n) is 5.30. The molecule has 0 radical (unpaired) electrons. The van der Waals surface area contributed by atoms with Crippen LogP contribution in [0.15, 0.2) is 0 Å². The Labute approximate surface area is 532 Å². The van der Waals surface area contributed by atoms with Crippen LogP contribution in [0.25, 0.3) is 0 Å². The molecule has 77 heavy (non-hydrogen) atoms. The molecular formula is C42H93O14P7S14. The molecule has 6 unspecified atom stereocenters. The number of hydrogen-bond acceptors (Lipinski definition) is 27. The molecule has 0 amide bonds. The first-order valence-corrected chi connectivity index (χ1v) is 54.5. The van der Waals surface area contributed by atoms with E-state index in [4.69, 9.17) is 158 Å². The molecule has 0 heterocycles. The van der Waals surface area contributed by atoms with Crippen molar-refractivity contribution in [1.82, 2.24) is 0 Å². The number of thiol groups is 1. The zero-order valence-electron chi connectivity index (χ0n) is 48.9. The van der Waals surface area contributed by atoms with Gasteiger partial charge in [0.2, 0.25) is 39.9 Å². The highest BCUT2D eigenvalue weighted by Gasteiger charge is 2.35. The summed E-state index contributed by atoms with van der Waals surface area (Å²) in [7, 11) is 0. The van der Waals surface area contributed by atoms with Crippen LogP contribution in [0.1, 0.15) is 152 Å². The lowest BCUT2D eigenvalue weighted by Gasteiger charge is -2.32. The van der Waals surface area contributed by atoms with Crippen LogP contribution in [0.5, 0.6) is 0 Å². The third-order valence-electron chi connectivity index (χ3n) is 7.39. The minimum absolute atomic E-state index is 0.110. The van der Waals surface area contributed by atoms with Crippen LogP contribution in [0.4, 0.5) is 0 Å². The lowest BCUT2D eigenvalue weighted by Crippen LogP contribution is -2.18. The minimum atomic E-state index is -3.15. The van der Waals surface area contributed by atoms with Crippen LogP contribution in [0.2, 0.25) is 0 Å². The highest BCUT2D eigenvalue weighted by molar-refractivity contribution is 8.70. The maximum absolute atomic E-state index is 6.69. The van der Waals surface area contributed by atoms with Gasteiger partial charge in [0.25, 0.3) is 0 Å². The van der Waals surface area contributed by atoms with Crippen molar-refractivity contribution < 1.29 is 63.3 Å². The fraction of sp³-hybridized carbons (Fsp3) is 1.00. The summed E-state index contributed by atoms with van der Waals surface area (Å²) in [5, 5.41) is 0. The zero-order valence-corrected chi connectivity index (χ0v) is 66.7. The van der Waals surface area contributed by atoms with Gasteiger partial charge in [-0.15, -0.1) is 0 Å². The quantitative estimate of drug-likeness (QED) is 0.0458. The Morgan fingerprint density at radius 2 is 0.351 bits per heavy atom. The number of hydrogen-bond donors (Lipinski definition) is 1. The Hall–Kier alpha value is 6.44. The van der Waals surface area contributed by atoms with Crippen LogP contribution in [0, 0.1) is 0 Å². The first kappa shape index (κ1) is 83.4.